The van der Waals surface area contributed by atoms with E-state index in [1.165, 1.54) is 6.42 Å². The van der Waals surface area contributed by atoms with Gasteiger partial charge in [0.15, 0.2) is 0 Å². The van der Waals surface area contributed by atoms with Crippen molar-refractivity contribution in [2.75, 3.05) is 6.61 Å². The van der Waals surface area contributed by atoms with Crippen LogP contribution in [0.15, 0.2) is 24.3 Å². The zero-order valence-electron chi connectivity index (χ0n) is 8.73. The number of hydrogen-bond donors (Lipinski definition) is 2. The van der Waals surface area contributed by atoms with E-state index in [2.05, 4.69) is 0 Å². The third-order valence-corrected chi connectivity index (χ3v) is 2.86. The average Bonchev–Trinajstić information content (AvgIpc) is 2.23. The molecule has 3 heteroatoms. The molecule has 3 N–H and O–H groups in total. The first-order valence-corrected chi connectivity index (χ1v) is 5.43. The second-order valence-corrected chi connectivity index (χ2v) is 4.00. The van der Waals surface area contributed by atoms with Crippen molar-refractivity contribution in [1.29, 1.82) is 0 Å². The molecule has 0 saturated heterocycles. The molecule has 0 spiro atoms. The van der Waals surface area contributed by atoms with Crippen molar-refractivity contribution < 1.29 is 9.84 Å². The van der Waals surface area contributed by atoms with Gasteiger partial charge >= 0.3 is 0 Å². The van der Waals surface area contributed by atoms with Gasteiger partial charge in [0, 0.05) is 5.56 Å². The molecule has 1 fully saturated rings. The van der Waals surface area contributed by atoms with Gasteiger partial charge < -0.3 is 15.6 Å². The van der Waals surface area contributed by atoms with Gasteiger partial charge in [-0.15, -0.1) is 0 Å². The average molecular weight is 207 g/mol. The summed E-state index contributed by atoms with van der Waals surface area (Å²) >= 11 is 0. The van der Waals surface area contributed by atoms with Crippen LogP contribution in [0.5, 0.6) is 5.75 Å². The van der Waals surface area contributed by atoms with Crippen molar-refractivity contribution in [2.24, 2.45) is 5.73 Å². The minimum absolute atomic E-state index is 0.0506. The molecule has 1 saturated carbocycles. The highest BCUT2D eigenvalue weighted by Gasteiger charge is 2.21. The van der Waals surface area contributed by atoms with Crippen LogP contribution in [0.2, 0.25) is 0 Å². The number of nitrogens with two attached hydrogens (primary N) is 1. The van der Waals surface area contributed by atoms with E-state index in [4.69, 9.17) is 15.6 Å². The van der Waals surface area contributed by atoms with Gasteiger partial charge in [-0.25, -0.2) is 0 Å². The number of ether oxygens (including phenoxy) is 1. The lowest BCUT2D eigenvalue weighted by atomic mass is 9.96. The zero-order valence-corrected chi connectivity index (χ0v) is 8.73. The third kappa shape index (κ3) is 2.30. The van der Waals surface area contributed by atoms with Gasteiger partial charge in [0.25, 0.3) is 0 Å². The van der Waals surface area contributed by atoms with E-state index >= 15 is 0 Å². The number of aliphatic hydroxyl groups is 1. The van der Waals surface area contributed by atoms with Gasteiger partial charge in [-0.1, -0.05) is 18.2 Å². The van der Waals surface area contributed by atoms with Gasteiger partial charge in [-0.05, 0) is 25.3 Å². The van der Waals surface area contributed by atoms with E-state index in [-0.39, 0.29) is 12.6 Å². The highest BCUT2D eigenvalue weighted by atomic mass is 16.5. The van der Waals surface area contributed by atoms with Crippen molar-refractivity contribution in [3.8, 4) is 5.75 Å². The Bertz CT molecular complexity index is 323. The summed E-state index contributed by atoms with van der Waals surface area (Å²) in [6.07, 6.45) is 3.85. The summed E-state index contributed by atoms with van der Waals surface area (Å²) in [6.45, 7) is -0.0506. The molecule has 0 amide bonds. The second kappa shape index (κ2) is 4.64. The number of rotatable bonds is 4. The summed E-state index contributed by atoms with van der Waals surface area (Å²) in [4.78, 5) is 0. The van der Waals surface area contributed by atoms with Gasteiger partial charge in [0.1, 0.15) is 5.75 Å². The van der Waals surface area contributed by atoms with Crippen LogP contribution in [0.25, 0.3) is 0 Å². The monoisotopic (exact) mass is 207 g/mol. The molecule has 1 atom stereocenters. The molecule has 1 aliphatic carbocycles. The SMILES string of the molecule is NC(CO)c1ccccc1OC1CCC1. The summed E-state index contributed by atoms with van der Waals surface area (Å²) in [5.41, 5.74) is 6.70. The minimum atomic E-state index is -0.346. The highest BCUT2D eigenvalue weighted by molar-refractivity contribution is 5.36. The maximum absolute atomic E-state index is 9.04. The Kier molecular flexibility index (Phi) is 3.23. The van der Waals surface area contributed by atoms with E-state index in [0.717, 1.165) is 24.2 Å². The number of aliphatic hydroxyl groups excluding tert-OH is 1. The Labute approximate surface area is 89.9 Å². The normalized spacial score (nSPS) is 18.3. The Morgan fingerprint density at radius 2 is 2.13 bits per heavy atom. The summed E-state index contributed by atoms with van der Waals surface area (Å²) in [7, 11) is 0. The number of hydrogen-bond acceptors (Lipinski definition) is 3. The largest absolute Gasteiger partial charge is 0.490 e. The fourth-order valence-corrected chi connectivity index (χ4v) is 1.66. The first-order valence-electron chi connectivity index (χ1n) is 5.43. The molecule has 0 bridgehead atoms. The van der Waals surface area contributed by atoms with Crippen molar-refractivity contribution in [1.82, 2.24) is 0 Å². The van der Waals surface area contributed by atoms with E-state index < -0.39 is 0 Å². The van der Waals surface area contributed by atoms with Crippen molar-refractivity contribution in [3.63, 3.8) is 0 Å². The van der Waals surface area contributed by atoms with E-state index in [1.54, 1.807) is 0 Å². The summed E-state index contributed by atoms with van der Waals surface area (Å²) in [5, 5.41) is 9.04. The lowest BCUT2D eigenvalue weighted by Crippen LogP contribution is -2.26. The second-order valence-electron chi connectivity index (χ2n) is 4.00. The van der Waals surface area contributed by atoms with Gasteiger partial charge in [-0.3, -0.25) is 0 Å². The minimum Gasteiger partial charge on any atom is -0.490 e. The molecular formula is C12H17NO2. The Balaban J connectivity index is 2.13. The van der Waals surface area contributed by atoms with Crippen molar-refractivity contribution in [3.05, 3.63) is 29.8 Å². The molecule has 3 nitrogen and oxygen atoms in total. The third-order valence-electron chi connectivity index (χ3n) is 2.86. The molecule has 82 valence electrons. The Hall–Kier alpha value is -1.06. The molecule has 0 radical (unpaired) electrons. The van der Waals surface area contributed by atoms with E-state index in [9.17, 15) is 0 Å². The molecule has 15 heavy (non-hydrogen) atoms. The number of benzene rings is 1. The molecule has 1 unspecified atom stereocenters. The fourth-order valence-electron chi connectivity index (χ4n) is 1.66. The quantitative estimate of drug-likeness (QED) is 0.788. The predicted molar refractivity (Wildman–Crippen MR) is 58.7 cm³/mol. The lowest BCUT2D eigenvalue weighted by molar-refractivity contribution is 0.117. The van der Waals surface area contributed by atoms with Crippen molar-refractivity contribution >= 4 is 0 Å². The maximum atomic E-state index is 9.04. The molecule has 0 heterocycles. The first-order chi connectivity index (χ1) is 7.31. The molecule has 1 aliphatic rings. The van der Waals surface area contributed by atoms with Gasteiger partial charge in [0.2, 0.25) is 0 Å². The van der Waals surface area contributed by atoms with Crippen molar-refractivity contribution in [2.45, 2.75) is 31.4 Å². The zero-order chi connectivity index (χ0) is 10.7. The topological polar surface area (TPSA) is 55.5 Å². The van der Waals surface area contributed by atoms with Crippen LogP contribution in [-0.2, 0) is 0 Å². The molecule has 2 rings (SSSR count). The van der Waals surface area contributed by atoms with Crippen LogP contribution in [-0.4, -0.2) is 17.8 Å². The molecular weight excluding hydrogens is 190 g/mol. The molecule has 1 aromatic rings. The molecule has 0 aromatic heterocycles. The Morgan fingerprint density at radius 1 is 1.40 bits per heavy atom. The predicted octanol–water partition coefficient (Wildman–Crippen LogP) is 1.61. The molecule has 1 aromatic carbocycles. The van der Waals surface area contributed by atoms with E-state index in [0.29, 0.717) is 6.10 Å². The van der Waals surface area contributed by atoms with Crippen LogP contribution in [0.3, 0.4) is 0 Å². The number of para-hydroxylation sites is 1. The molecule has 0 aliphatic heterocycles. The highest BCUT2D eigenvalue weighted by Crippen LogP contribution is 2.29. The van der Waals surface area contributed by atoms with Gasteiger partial charge in [-0.2, -0.15) is 0 Å². The Morgan fingerprint density at radius 3 is 2.73 bits per heavy atom. The van der Waals surface area contributed by atoms with E-state index in [1.807, 2.05) is 24.3 Å². The standard InChI is InChI=1S/C12H17NO2/c13-11(8-14)10-6-1-2-7-12(10)15-9-4-3-5-9/h1-2,6-7,9,11,14H,3-5,8,13H2. The summed E-state index contributed by atoms with van der Waals surface area (Å²) in [5.74, 6) is 0.823. The smallest absolute Gasteiger partial charge is 0.124 e. The van der Waals surface area contributed by atoms with Gasteiger partial charge in [0.05, 0.1) is 18.8 Å². The lowest BCUT2D eigenvalue weighted by Gasteiger charge is -2.28. The summed E-state index contributed by atoms with van der Waals surface area (Å²) in [6, 6.07) is 7.33. The van der Waals surface area contributed by atoms with Crippen LogP contribution in [0.4, 0.5) is 0 Å². The van der Waals surface area contributed by atoms with Crippen LogP contribution < -0.4 is 10.5 Å². The summed E-state index contributed by atoms with van der Waals surface area (Å²) < 4.78 is 5.81. The van der Waals surface area contributed by atoms with Crippen LogP contribution in [0.1, 0.15) is 30.9 Å². The van der Waals surface area contributed by atoms with Crippen LogP contribution >= 0.6 is 0 Å². The van der Waals surface area contributed by atoms with Crippen LogP contribution in [0, 0.1) is 0 Å². The fraction of sp³-hybridized carbons (Fsp3) is 0.500. The maximum Gasteiger partial charge on any atom is 0.124 e. The first kappa shape index (κ1) is 10.5.